The molecule has 1 fully saturated rings. The van der Waals surface area contributed by atoms with Crippen LogP contribution >= 0.6 is 0 Å². The SMILES string of the molecule is C=Cc1ccc2c(c1)N1CCC[C@@H](NC(=O)C(F)(F)F)[C@H]1c1ccccc1O2. The van der Waals surface area contributed by atoms with Crippen molar-refractivity contribution < 1.29 is 22.7 Å². The van der Waals surface area contributed by atoms with Crippen LogP contribution in [0.1, 0.15) is 30.0 Å². The van der Waals surface area contributed by atoms with Gasteiger partial charge in [0.25, 0.3) is 0 Å². The molecule has 0 saturated carbocycles. The average molecular weight is 388 g/mol. The first-order valence-electron chi connectivity index (χ1n) is 9.06. The second-order valence-electron chi connectivity index (χ2n) is 6.93. The number of benzene rings is 2. The normalized spacial score (nSPS) is 20.8. The van der Waals surface area contributed by atoms with Crippen LogP contribution in [0.5, 0.6) is 11.5 Å². The molecule has 4 rings (SSSR count). The van der Waals surface area contributed by atoms with E-state index in [-0.39, 0.29) is 0 Å². The van der Waals surface area contributed by atoms with Gasteiger partial charge in [-0.15, -0.1) is 0 Å². The number of carbonyl (C=O) groups is 1. The lowest BCUT2D eigenvalue weighted by molar-refractivity contribution is -0.174. The summed E-state index contributed by atoms with van der Waals surface area (Å²) in [7, 11) is 0. The van der Waals surface area contributed by atoms with Gasteiger partial charge in [-0.2, -0.15) is 13.2 Å². The highest BCUT2D eigenvalue weighted by Gasteiger charge is 2.44. The number of halogens is 3. The summed E-state index contributed by atoms with van der Waals surface area (Å²) in [6.45, 7) is 4.43. The lowest BCUT2D eigenvalue weighted by Crippen LogP contribution is -2.52. The van der Waals surface area contributed by atoms with E-state index >= 15 is 0 Å². The molecule has 2 aliphatic rings. The minimum atomic E-state index is -4.92. The van der Waals surface area contributed by atoms with Gasteiger partial charge >= 0.3 is 12.1 Å². The third-order valence-electron chi connectivity index (χ3n) is 5.19. The molecule has 0 aliphatic carbocycles. The standard InChI is InChI=1S/C21H19F3N2O2/c1-2-13-9-10-18-16(12-13)26-11-5-7-15(25-20(27)21(22,23)24)19(26)14-6-3-4-8-17(14)28-18/h2-4,6,8-10,12,15,19H,1,5,7,11H2,(H,25,27)/t15-,19-/m1/s1. The summed E-state index contributed by atoms with van der Waals surface area (Å²) in [6.07, 6.45) is -2.11. The maximum Gasteiger partial charge on any atom is 0.471 e. The van der Waals surface area contributed by atoms with E-state index in [2.05, 4.69) is 11.9 Å². The first-order valence-corrected chi connectivity index (χ1v) is 9.06. The Morgan fingerprint density at radius 1 is 1.21 bits per heavy atom. The number of hydrogen-bond donors (Lipinski definition) is 1. The van der Waals surface area contributed by atoms with Gasteiger partial charge in [-0.05, 0) is 36.6 Å². The molecule has 0 spiro atoms. The topological polar surface area (TPSA) is 41.6 Å². The molecule has 0 bridgehead atoms. The molecule has 28 heavy (non-hydrogen) atoms. The fourth-order valence-corrected chi connectivity index (χ4v) is 3.96. The number of piperidine rings is 1. The zero-order valence-electron chi connectivity index (χ0n) is 15.0. The van der Waals surface area contributed by atoms with Crippen molar-refractivity contribution in [2.24, 2.45) is 0 Å². The molecule has 2 aromatic rings. The first-order chi connectivity index (χ1) is 13.4. The second-order valence-corrected chi connectivity index (χ2v) is 6.93. The lowest BCUT2D eigenvalue weighted by Gasteiger charge is -2.42. The number of alkyl halides is 3. The van der Waals surface area contributed by atoms with Gasteiger partial charge in [0.05, 0.1) is 17.8 Å². The molecule has 2 aromatic carbocycles. The number of nitrogens with zero attached hydrogens (tertiary/aromatic N) is 1. The molecule has 1 saturated heterocycles. The molecule has 4 nitrogen and oxygen atoms in total. The molecule has 7 heteroatoms. The fourth-order valence-electron chi connectivity index (χ4n) is 3.96. The van der Waals surface area contributed by atoms with Gasteiger partial charge in [-0.3, -0.25) is 4.79 Å². The molecular formula is C21H19F3N2O2. The van der Waals surface area contributed by atoms with Gasteiger partial charge in [0.15, 0.2) is 5.75 Å². The highest BCUT2D eigenvalue weighted by Crippen LogP contribution is 2.47. The van der Waals surface area contributed by atoms with Crippen LogP contribution in [0.15, 0.2) is 49.0 Å². The van der Waals surface area contributed by atoms with Crippen molar-refractivity contribution in [1.29, 1.82) is 0 Å². The summed E-state index contributed by atoms with van der Waals surface area (Å²) < 4.78 is 44.7. The van der Waals surface area contributed by atoms with E-state index in [4.69, 9.17) is 4.74 Å². The van der Waals surface area contributed by atoms with Gasteiger partial charge in [0, 0.05) is 12.1 Å². The molecule has 0 aromatic heterocycles. The van der Waals surface area contributed by atoms with Gasteiger partial charge in [0.2, 0.25) is 0 Å². The Morgan fingerprint density at radius 3 is 2.75 bits per heavy atom. The van der Waals surface area contributed by atoms with Gasteiger partial charge in [-0.1, -0.05) is 36.9 Å². The number of ether oxygens (including phenoxy) is 1. The highest BCUT2D eigenvalue weighted by molar-refractivity contribution is 5.82. The number of carbonyl (C=O) groups excluding carboxylic acids is 1. The van der Waals surface area contributed by atoms with Crippen molar-refractivity contribution in [3.63, 3.8) is 0 Å². The molecule has 0 radical (unpaired) electrons. The van der Waals surface area contributed by atoms with Crippen LogP contribution in [0.2, 0.25) is 0 Å². The summed E-state index contributed by atoms with van der Waals surface area (Å²) in [5.41, 5.74) is 2.42. The summed E-state index contributed by atoms with van der Waals surface area (Å²) >= 11 is 0. The van der Waals surface area contributed by atoms with Crippen LogP contribution in [0.25, 0.3) is 6.08 Å². The van der Waals surface area contributed by atoms with Crippen LogP contribution in [0.4, 0.5) is 18.9 Å². The van der Waals surface area contributed by atoms with E-state index in [1.54, 1.807) is 12.1 Å². The average Bonchev–Trinajstić information content (AvgIpc) is 2.82. The highest BCUT2D eigenvalue weighted by atomic mass is 19.4. The maximum absolute atomic E-state index is 12.9. The van der Waals surface area contributed by atoms with E-state index in [9.17, 15) is 18.0 Å². The van der Waals surface area contributed by atoms with Gasteiger partial charge < -0.3 is 15.0 Å². The third kappa shape index (κ3) is 3.21. The van der Waals surface area contributed by atoms with E-state index in [0.717, 1.165) is 16.8 Å². The lowest BCUT2D eigenvalue weighted by atomic mass is 9.89. The molecular weight excluding hydrogens is 369 g/mol. The molecule has 146 valence electrons. The van der Waals surface area contributed by atoms with Crippen LogP contribution in [0.3, 0.4) is 0 Å². The Labute approximate surface area is 160 Å². The van der Waals surface area contributed by atoms with Crippen LogP contribution < -0.4 is 15.0 Å². The maximum atomic E-state index is 12.9. The van der Waals surface area contributed by atoms with Crippen molar-refractivity contribution in [3.05, 3.63) is 60.2 Å². The van der Waals surface area contributed by atoms with Crippen molar-refractivity contribution in [3.8, 4) is 11.5 Å². The monoisotopic (exact) mass is 388 g/mol. The van der Waals surface area contributed by atoms with Gasteiger partial charge in [0.1, 0.15) is 5.75 Å². The smallest absolute Gasteiger partial charge is 0.455 e. The van der Waals surface area contributed by atoms with Crippen molar-refractivity contribution in [2.45, 2.75) is 31.1 Å². The minimum absolute atomic E-state index is 0.452. The summed E-state index contributed by atoms with van der Waals surface area (Å²) in [4.78, 5) is 13.7. The van der Waals surface area contributed by atoms with Crippen molar-refractivity contribution in [2.75, 3.05) is 11.4 Å². The number of hydrogen-bond acceptors (Lipinski definition) is 3. The third-order valence-corrected chi connectivity index (χ3v) is 5.19. The van der Waals surface area contributed by atoms with E-state index < -0.39 is 24.2 Å². The largest absolute Gasteiger partial charge is 0.471 e. The van der Waals surface area contributed by atoms with E-state index in [1.807, 2.05) is 41.3 Å². The second kappa shape index (κ2) is 6.89. The Bertz CT molecular complexity index is 926. The Morgan fingerprint density at radius 2 is 2.00 bits per heavy atom. The molecule has 2 atom stereocenters. The van der Waals surface area contributed by atoms with Crippen LogP contribution in [-0.2, 0) is 4.79 Å². The first kappa shape index (κ1) is 18.4. The minimum Gasteiger partial charge on any atom is -0.455 e. The molecule has 1 amide bonds. The molecule has 2 heterocycles. The summed E-state index contributed by atoms with van der Waals surface area (Å²) in [5, 5.41) is 2.20. The number of para-hydroxylation sites is 1. The van der Waals surface area contributed by atoms with Crippen molar-refractivity contribution >= 4 is 17.7 Å². The van der Waals surface area contributed by atoms with Crippen LogP contribution in [0, 0.1) is 0 Å². The fraction of sp³-hybridized carbons (Fsp3) is 0.286. The van der Waals surface area contributed by atoms with E-state index in [1.165, 1.54) is 0 Å². The zero-order chi connectivity index (χ0) is 19.9. The Balaban J connectivity index is 1.82. The summed E-state index contributed by atoms with van der Waals surface area (Å²) in [5.74, 6) is -0.707. The predicted octanol–water partition coefficient (Wildman–Crippen LogP) is 4.82. The molecule has 0 unspecified atom stereocenters. The Hall–Kier alpha value is -2.96. The van der Waals surface area contributed by atoms with Gasteiger partial charge in [-0.25, -0.2) is 0 Å². The Kier molecular flexibility index (Phi) is 4.53. The number of rotatable bonds is 2. The van der Waals surface area contributed by atoms with E-state index in [0.29, 0.717) is 30.9 Å². The number of amides is 1. The summed E-state index contributed by atoms with van der Waals surface area (Å²) in [6, 6.07) is 11.7. The van der Waals surface area contributed by atoms with Crippen molar-refractivity contribution in [1.82, 2.24) is 5.32 Å². The molecule has 1 N–H and O–H groups in total. The number of anilines is 1. The number of fused-ring (bicyclic) bond motifs is 5. The van der Waals surface area contributed by atoms with Crippen LogP contribution in [-0.4, -0.2) is 24.7 Å². The number of nitrogens with one attached hydrogen (secondary N) is 1. The zero-order valence-corrected chi connectivity index (χ0v) is 15.0. The quantitative estimate of drug-likeness (QED) is 0.802. The molecule has 2 aliphatic heterocycles. The predicted molar refractivity (Wildman–Crippen MR) is 100 cm³/mol.